The minimum atomic E-state index is -3.34. The molecule has 0 bridgehead atoms. The van der Waals surface area contributed by atoms with Crippen LogP contribution in [0.3, 0.4) is 0 Å². The summed E-state index contributed by atoms with van der Waals surface area (Å²) in [6, 6.07) is 8.62. The van der Waals surface area contributed by atoms with Crippen LogP contribution in [0.1, 0.15) is 0 Å². The summed E-state index contributed by atoms with van der Waals surface area (Å²) in [5.41, 5.74) is 0. The predicted molar refractivity (Wildman–Crippen MR) is 47.8 cm³/mol. The van der Waals surface area contributed by atoms with Gasteiger partial charge >= 0.3 is 64.6 Å². The predicted octanol–water partition coefficient (Wildman–Crippen LogP) is 0.721. The van der Waals surface area contributed by atoms with Gasteiger partial charge < -0.3 is 0 Å². The summed E-state index contributed by atoms with van der Waals surface area (Å²) >= 11 is 3.69. The van der Waals surface area contributed by atoms with Gasteiger partial charge in [0.1, 0.15) is 0 Å². The molecule has 4 heteroatoms. The molecule has 0 aliphatic heterocycles. The second-order valence-corrected chi connectivity index (χ2v) is 5.72. The van der Waals surface area contributed by atoms with Crippen LogP contribution in [-0.2, 0) is 0 Å². The molecule has 56 valence electrons. The Morgan fingerprint density at radius 2 is 1.60 bits per heavy atom. The molecule has 2 N–H and O–H groups in total. The van der Waals surface area contributed by atoms with Gasteiger partial charge in [-0.2, -0.15) is 0 Å². The molecular weight excluding hydrogens is 167 g/mol. The first kappa shape index (κ1) is 8.02. The maximum atomic E-state index is 9.05. The van der Waals surface area contributed by atoms with Crippen LogP contribution in [0.4, 0.5) is 0 Å². The average Bonchev–Trinajstić information content (AvgIpc) is 1.88. The third-order valence-corrected chi connectivity index (χ3v) is 3.04. The quantitative estimate of drug-likeness (QED) is 0.436. The van der Waals surface area contributed by atoms with Crippen molar-refractivity contribution in [2.75, 3.05) is 0 Å². The second kappa shape index (κ2) is 2.89. The summed E-state index contributed by atoms with van der Waals surface area (Å²) in [6.45, 7) is -3.34. The zero-order valence-electron chi connectivity index (χ0n) is 5.23. The van der Waals surface area contributed by atoms with Crippen LogP contribution in [0.15, 0.2) is 30.3 Å². The van der Waals surface area contributed by atoms with Crippen LogP contribution >= 0.6 is 19.2 Å². The van der Waals surface area contributed by atoms with Crippen LogP contribution in [0.25, 0.3) is 0 Å². The molecule has 0 saturated carbocycles. The van der Waals surface area contributed by atoms with Crippen molar-refractivity contribution < 1.29 is 9.79 Å². The summed E-state index contributed by atoms with van der Waals surface area (Å²) < 4.78 is 0. The van der Waals surface area contributed by atoms with Crippen molar-refractivity contribution in [2.24, 2.45) is 0 Å². The molecule has 2 nitrogen and oxygen atoms in total. The zero-order valence-corrected chi connectivity index (χ0v) is 7.12. The fraction of sp³-hybridized carbons (Fsp3) is 0. The SMILES string of the molecule is O[PH](O)(S)c1ccccc1. The van der Waals surface area contributed by atoms with Gasteiger partial charge in [0.05, 0.1) is 0 Å². The van der Waals surface area contributed by atoms with Gasteiger partial charge in [-0.25, -0.2) is 0 Å². The molecular formula is C6H9O2PS. The average molecular weight is 176 g/mol. The molecule has 0 saturated heterocycles. The maximum absolute atomic E-state index is 9.05. The molecule has 0 atom stereocenters. The molecule has 0 aliphatic carbocycles. The van der Waals surface area contributed by atoms with Crippen LogP contribution in [0.2, 0.25) is 0 Å². The van der Waals surface area contributed by atoms with E-state index in [1.165, 1.54) is 0 Å². The topological polar surface area (TPSA) is 40.5 Å². The van der Waals surface area contributed by atoms with Crippen molar-refractivity contribution in [1.82, 2.24) is 0 Å². The first-order chi connectivity index (χ1) is 4.61. The molecule has 0 aromatic heterocycles. The van der Waals surface area contributed by atoms with E-state index >= 15 is 0 Å². The summed E-state index contributed by atoms with van der Waals surface area (Å²) in [5, 5.41) is 0.512. The molecule has 0 unspecified atom stereocenters. The van der Waals surface area contributed by atoms with E-state index in [-0.39, 0.29) is 0 Å². The minimum absolute atomic E-state index is 0.512. The fourth-order valence-electron chi connectivity index (χ4n) is 0.662. The van der Waals surface area contributed by atoms with Crippen molar-refractivity contribution in [3.8, 4) is 0 Å². The van der Waals surface area contributed by atoms with Crippen LogP contribution < -0.4 is 5.30 Å². The van der Waals surface area contributed by atoms with Crippen LogP contribution in [0, 0.1) is 0 Å². The molecule has 1 aromatic carbocycles. The van der Waals surface area contributed by atoms with Crippen molar-refractivity contribution in [3.63, 3.8) is 0 Å². The Morgan fingerprint density at radius 3 is 1.90 bits per heavy atom. The van der Waals surface area contributed by atoms with E-state index < -0.39 is 6.92 Å². The van der Waals surface area contributed by atoms with Gasteiger partial charge in [-0.1, -0.05) is 0 Å². The van der Waals surface area contributed by atoms with E-state index in [4.69, 9.17) is 9.79 Å². The van der Waals surface area contributed by atoms with Gasteiger partial charge in [0.15, 0.2) is 0 Å². The Morgan fingerprint density at radius 1 is 1.10 bits per heavy atom. The van der Waals surface area contributed by atoms with E-state index in [1.807, 2.05) is 6.07 Å². The van der Waals surface area contributed by atoms with Gasteiger partial charge in [0, 0.05) is 0 Å². The standard InChI is InChI=1S/C6H9O2PS/c7-9(8,10)6-4-2-1-3-5-6/h1-5,7-10H. The Labute approximate surface area is 65.2 Å². The Bertz CT molecular complexity index is 207. The van der Waals surface area contributed by atoms with E-state index in [1.54, 1.807) is 24.3 Å². The monoisotopic (exact) mass is 176 g/mol. The molecule has 10 heavy (non-hydrogen) atoms. The molecule has 0 heterocycles. The summed E-state index contributed by atoms with van der Waals surface area (Å²) in [5.74, 6) is 0. The van der Waals surface area contributed by atoms with Gasteiger partial charge in [0.25, 0.3) is 0 Å². The van der Waals surface area contributed by atoms with Crippen LogP contribution in [-0.4, -0.2) is 9.79 Å². The van der Waals surface area contributed by atoms with E-state index in [2.05, 4.69) is 12.2 Å². The zero-order chi connectivity index (χ0) is 7.61. The van der Waals surface area contributed by atoms with Crippen molar-refractivity contribution in [2.45, 2.75) is 0 Å². The van der Waals surface area contributed by atoms with Crippen molar-refractivity contribution in [3.05, 3.63) is 30.3 Å². The second-order valence-electron chi connectivity index (χ2n) is 2.00. The van der Waals surface area contributed by atoms with Crippen molar-refractivity contribution in [1.29, 1.82) is 0 Å². The summed E-state index contributed by atoms with van der Waals surface area (Å²) in [6.07, 6.45) is 0. The summed E-state index contributed by atoms with van der Waals surface area (Å²) in [7, 11) is 0. The van der Waals surface area contributed by atoms with Gasteiger partial charge in [-0.15, -0.1) is 0 Å². The van der Waals surface area contributed by atoms with E-state index in [0.717, 1.165) is 0 Å². The molecule has 0 amide bonds. The Balaban J connectivity index is 2.97. The third kappa shape index (κ3) is 1.96. The normalized spacial score (nSPS) is 13.1. The summed E-state index contributed by atoms with van der Waals surface area (Å²) in [4.78, 5) is 18.1. The molecule has 1 aromatic rings. The fourth-order valence-corrected chi connectivity index (χ4v) is 1.75. The Kier molecular flexibility index (Phi) is 2.32. The van der Waals surface area contributed by atoms with E-state index in [9.17, 15) is 0 Å². The third-order valence-electron chi connectivity index (χ3n) is 1.16. The first-order valence-corrected chi connectivity index (χ1v) is 6.01. The molecule has 0 spiro atoms. The first-order valence-electron chi connectivity index (χ1n) is 2.83. The number of thiol groups is 1. The molecule has 1 rings (SSSR count). The van der Waals surface area contributed by atoms with Gasteiger partial charge in [-0.05, 0) is 0 Å². The van der Waals surface area contributed by atoms with Gasteiger partial charge in [-0.3, -0.25) is 0 Å². The molecule has 0 aliphatic rings. The van der Waals surface area contributed by atoms with Crippen LogP contribution in [0.5, 0.6) is 0 Å². The number of hydrogen-bond acceptors (Lipinski definition) is 3. The number of hydrogen-bond donors (Lipinski definition) is 3. The van der Waals surface area contributed by atoms with Gasteiger partial charge in [0.2, 0.25) is 0 Å². The number of benzene rings is 1. The Hall–Kier alpha value is -0.0800. The molecule has 0 fully saturated rings. The van der Waals surface area contributed by atoms with Crippen molar-refractivity contribution >= 4 is 24.5 Å². The molecule has 0 radical (unpaired) electrons. The number of rotatable bonds is 1. The van der Waals surface area contributed by atoms with E-state index in [0.29, 0.717) is 5.30 Å².